The molecule has 0 amide bonds. The first-order chi connectivity index (χ1) is 6.67. The zero-order chi connectivity index (χ0) is 10.6. The average Bonchev–Trinajstić information content (AvgIpc) is 2.16. The van der Waals surface area contributed by atoms with E-state index in [1.165, 1.54) is 6.08 Å². The molecule has 74 valence electrons. The molecule has 0 saturated carbocycles. The summed E-state index contributed by atoms with van der Waals surface area (Å²) in [7, 11) is 0. The molecular formula is C11H12ClNO. The zero-order valence-electron chi connectivity index (χ0n) is 8.25. The van der Waals surface area contributed by atoms with Gasteiger partial charge < -0.3 is 0 Å². The van der Waals surface area contributed by atoms with E-state index < -0.39 is 0 Å². The fraction of sp³-hybridized carbons (Fsp3) is 0.364. The maximum absolute atomic E-state index is 10.1. The van der Waals surface area contributed by atoms with E-state index >= 15 is 0 Å². The molecule has 0 aromatic heterocycles. The molecule has 0 heterocycles. The Morgan fingerprint density at radius 2 is 2.21 bits per heavy atom. The molecule has 0 radical (unpaired) electrons. The van der Waals surface area contributed by atoms with Crippen LogP contribution < -0.4 is 0 Å². The lowest BCUT2D eigenvalue weighted by Crippen LogP contribution is -1.90. The Balaban J connectivity index is 3.12. The summed E-state index contributed by atoms with van der Waals surface area (Å²) in [6.07, 6.45) is 2.54. The van der Waals surface area contributed by atoms with Crippen LogP contribution >= 0.6 is 11.6 Å². The van der Waals surface area contributed by atoms with Gasteiger partial charge in [-0.25, -0.2) is 4.79 Å². The van der Waals surface area contributed by atoms with Gasteiger partial charge in [-0.15, -0.1) is 0 Å². The SMILES string of the molecule is CCC(C)c1cc(Cl)cc(N=C=O)c1. The number of benzene rings is 1. The molecule has 0 bridgehead atoms. The van der Waals surface area contributed by atoms with Gasteiger partial charge in [-0.05, 0) is 36.1 Å². The highest BCUT2D eigenvalue weighted by Crippen LogP contribution is 2.27. The highest BCUT2D eigenvalue weighted by molar-refractivity contribution is 6.30. The molecule has 0 aliphatic carbocycles. The van der Waals surface area contributed by atoms with Crippen LogP contribution in [0.15, 0.2) is 23.2 Å². The molecule has 1 aromatic carbocycles. The predicted molar refractivity (Wildman–Crippen MR) is 57.9 cm³/mol. The summed E-state index contributed by atoms with van der Waals surface area (Å²) < 4.78 is 0. The van der Waals surface area contributed by atoms with Crippen molar-refractivity contribution in [3.05, 3.63) is 28.8 Å². The van der Waals surface area contributed by atoms with E-state index in [0.29, 0.717) is 16.6 Å². The van der Waals surface area contributed by atoms with Gasteiger partial charge in [0.1, 0.15) is 0 Å². The van der Waals surface area contributed by atoms with Gasteiger partial charge in [-0.1, -0.05) is 25.4 Å². The molecule has 0 N–H and O–H groups in total. The van der Waals surface area contributed by atoms with Crippen molar-refractivity contribution in [2.75, 3.05) is 0 Å². The van der Waals surface area contributed by atoms with E-state index in [1.54, 1.807) is 6.07 Å². The van der Waals surface area contributed by atoms with Crippen molar-refractivity contribution in [1.29, 1.82) is 0 Å². The molecule has 0 saturated heterocycles. The fourth-order valence-electron chi connectivity index (χ4n) is 1.23. The Hall–Kier alpha value is -1.11. The molecule has 3 heteroatoms. The van der Waals surface area contributed by atoms with Crippen molar-refractivity contribution in [2.24, 2.45) is 4.99 Å². The van der Waals surface area contributed by atoms with Crippen LogP contribution in [0.4, 0.5) is 5.69 Å². The summed E-state index contributed by atoms with van der Waals surface area (Å²) in [6.45, 7) is 4.22. The number of aliphatic imine (C=N–C) groups is 1. The summed E-state index contributed by atoms with van der Waals surface area (Å²) in [5.41, 5.74) is 1.68. The molecule has 1 unspecified atom stereocenters. The number of rotatable bonds is 3. The third-order valence-corrected chi connectivity index (χ3v) is 2.48. The molecule has 0 fully saturated rings. The van der Waals surface area contributed by atoms with Crippen molar-refractivity contribution in [3.8, 4) is 0 Å². The quantitative estimate of drug-likeness (QED) is 0.550. The first-order valence-corrected chi connectivity index (χ1v) is 4.93. The molecule has 1 rings (SSSR count). The molecule has 1 atom stereocenters. The second-order valence-corrected chi connectivity index (χ2v) is 3.69. The number of hydrogen-bond acceptors (Lipinski definition) is 2. The highest BCUT2D eigenvalue weighted by atomic mass is 35.5. The van der Waals surface area contributed by atoms with Crippen LogP contribution in [-0.2, 0) is 4.79 Å². The summed E-state index contributed by atoms with van der Waals surface area (Å²) in [4.78, 5) is 13.7. The normalized spacial score (nSPS) is 11.9. The molecule has 14 heavy (non-hydrogen) atoms. The standard InChI is InChI=1S/C11H12ClNO/c1-3-8(2)9-4-10(12)6-11(5-9)13-7-14/h4-6,8H,3H2,1-2H3. The number of carbonyl (C=O) groups excluding carboxylic acids is 1. The zero-order valence-corrected chi connectivity index (χ0v) is 9.01. The van der Waals surface area contributed by atoms with E-state index in [2.05, 4.69) is 18.8 Å². The van der Waals surface area contributed by atoms with Crippen molar-refractivity contribution >= 4 is 23.4 Å². The van der Waals surface area contributed by atoms with Crippen LogP contribution in [0, 0.1) is 0 Å². The van der Waals surface area contributed by atoms with Crippen molar-refractivity contribution < 1.29 is 4.79 Å². The largest absolute Gasteiger partial charge is 0.240 e. The minimum Gasteiger partial charge on any atom is -0.211 e. The summed E-state index contributed by atoms with van der Waals surface area (Å²) >= 11 is 5.90. The monoisotopic (exact) mass is 209 g/mol. The topological polar surface area (TPSA) is 29.4 Å². The Bertz CT molecular complexity index is 370. The first-order valence-electron chi connectivity index (χ1n) is 4.55. The average molecular weight is 210 g/mol. The number of nitrogens with zero attached hydrogens (tertiary/aromatic N) is 1. The van der Waals surface area contributed by atoms with Gasteiger partial charge in [-0.2, -0.15) is 4.99 Å². The molecule has 2 nitrogen and oxygen atoms in total. The van der Waals surface area contributed by atoms with Crippen molar-refractivity contribution in [3.63, 3.8) is 0 Å². The van der Waals surface area contributed by atoms with E-state index in [0.717, 1.165) is 12.0 Å². The second-order valence-electron chi connectivity index (χ2n) is 3.26. The van der Waals surface area contributed by atoms with Gasteiger partial charge in [-0.3, -0.25) is 0 Å². The fourth-order valence-corrected chi connectivity index (χ4v) is 1.47. The number of isocyanates is 1. The Morgan fingerprint density at radius 1 is 1.50 bits per heavy atom. The van der Waals surface area contributed by atoms with Crippen LogP contribution in [0.5, 0.6) is 0 Å². The molecule has 0 aliphatic rings. The van der Waals surface area contributed by atoms with Gasteiger partial charge in [0, 0.05) is 5.02 Å². The molecule has 0 spiro atoms. The second kappa shape index (κ2) is 4.94. The summed E-state index contributed by atoms with van der Waals surface area (Å²) in [5.74, 6) is 0.425. The van der Waals surface area contributed by atoms with Gasteiger partial charge in [0.25, 0.3) is 0 Å². The Morgan fingerprint density at radius 3 is 2.79 bits per heavy atom. The van der Waals surface area contributed by atoms with Gasteiger partial charge in [0.15, 0.2) is 0 Å². The predicted octanol–water partition coefficient (Wildman–Crippen LogP) is 3.82. The lowest BCUT2D eigenvalue weighted by atomic mass is 9.98. The third kappa shape index (κ3) is 2.69. The maximum atomic E-state index is 10.1. The van der Waals surface area contributed by atoms with Gasteiger partial charge >= 0.3 is 0 Å². The lowest BCUT2D eigenvalue weighted by Gasteiger charge is -2.09. The van der Waals surface area contributed by atoms with Crippen LogP contribution in [0.3, 0.4) is 0 Å². The Labute approximate surface area is 88.6 Å². The summed E-state index contributed by atoms with van der Waals surface area (Å²) in [5, 5.41) is 0.608. The smallest absolute Gasteiger partial charge is 0.211 e. The number of hydrogen-bond donors (Lipinski definition) is 0. The Kier molecular flexibility index (Phi) is 3.87. The molecule has 0 aliphatic heterocycles. The van der Waals surface area contributed by atoms with Crippen molar-refractivity contribution in [1.82, 2.24) is 0 Å². The summed E-state index contributed by atoms with van der Waals surface area (Å²) in [6, 6.07) is 5.42. The third-order valence-electron chi connectivity index (χ3n) is 2.26. The van der Waals surface area contributed by atoms with E-state index in [-0.39, 0.29) is 0 Å². The van der Waals surface area contributed by atoms with E-state index in [1.807, 2.05) is 12.1 Å². The molecular weight excluding hydrogens is 198 g/mol. The van der Waals surface area contributed by atoms with Crippen LogP contribution in [-0.4, -0.2) is 6.08 Å². The highest BCUT2D eigenvalue weighted by Gasteiger charge is 2.05. The minimum atomic E-state index is 0.425. The van der Waals surface area contributed by atoms with E-state index in [9.17, 15) is 4.79 Å². The van der Waals surface area contributed by atoms with E-state index in [4.69, 9.17) is 11.6 Å². The van der Waals surface area contributed by atoms with Crippen LogP contribution in [0.1, 0.15) is 31.7 Å². The van der Waals surface area contributed by atoms with Crippen LogP contribution in [0.2, 0.25) is 5.02 Å². The minimum absolute atomic E-state index is 0.425. The van der Waals surface area contributed by atoms with Gasteiger partial charge in [0.2, 0.25) is 6.08 Å². The first kappa shape index (κ1) is 11.0. The lowest BCUT2D eigenvalue weighted by molar-refractivity contribution is 0.565. The number of halogens is 1. The van der Waals surface area contributed by atoms with Crippen molar-refractivity contribution in [2.45, 2.75) is 26.2 Å². The molecule has 1 aromatic rings. The maximum Gasteiger partial charge on any atom is 0.240 e. The van der Waals surface area contributed by atoms with Crippen LogP contribution in [0.25, 0.3) is 0 Å². The van der Waals surface area contributed by atoms with Gasteiger partial charge in [0.05, 0.1) is 5.69 Å².